The summed E-state index contributed by atoms with van der Waals surface area (Å²) < 4.78 is 0. The molecule has 0 spiro atoms. The van der Waals surface area contributed by atoms with Gasteiger partial charge in [0.25, 0.3) is 5.91 Å². The van der Waals surface area contributed by atoms with Crippen LogP contribution in [0, 0.1) is 6.92 Å². The summed E-state index contributed by atoms with van der Waals surface area (Å²) in [6.07, 6.45) is 0. The van der Waals surface area contributed by atoms with Crippen molar-refractivity contribution in [3.05, 3.63) is 57.6 Å². The van der Waals surface area contributed by atoms with Crippen molar-refractivity contribution in [2.24, 2.45) is 0 Å². The number of anilines is 2. The lowest BCUT2D eigenvalue weighted by Crippen LogP contribution is -2.23. The summed E-state index contributed by atoms with van der Waals surface area (Å²) in [6, 6.07) is 10.1. The molecule has 2 amide bonds. The molecule has 0 bridgehead atoms. The minimum absolute atomic E-state index is 0.0287. The molecule has 0 radical (unpaired) electrons. The molecule has 2 aromatic carbocycles. The Bertz CT molecular complexity index is 778. The number of nitrogens with one attached hydrogen (secondary N) is 3. The molecule has 2 rings (SSSR count). The Kier molecular flexibility index (Phi) is 6.06. The second kappa shape index (κ2) is 8.04. The summed E-state index contributed by atoms with van der Waals surface area (Å²) in [6.45, 7) is 1.85. The first-order valence-corrected chi connectivity index (χ1v) is 7.98. The minimum atomic E-state index is -0.274. The van der Waals surface area contributed by atoms with Crippen molar-refractivity contribution >= 4 is 46.4 Å². The molecule has 7 heteroatoms. The maximum absolute atomic E-state index is 12.1. The van der Waals surface area contributed by atoms with Crippen molar-refractivity contribution in [3.63, 3.8) is 0 Å². The van der Waals surface area contributed by atoms with Gasteiger partial charge in [-0.05, 0) is 42.8 Å². The predicted octanol–water partition coefficient (Wildman–Crippen LogP) is 3.71. The summed E-state index contributed by atoms with van der Waals surface area (Å²) in [5.41, 5.74) is 2.49. The van der Waals surface area contributed by atoms with Crippen molar-refractivity contribution in [1.29, 1.82) is 0 Å². The van der Waals surface area contributed by atoms with Gasteiger partial charge >= 0.3 is 0 Å². The molecule has 0 aromatic heterocycles. The van der Waals surface area contributed by atoms with Gasteiger partial charge in [0, 0.05) is 23.3 Å². The maximum Gasteiger partial charge on any atom is 0.251 e. The highest BCUT2D eigenvalue weighted by Crippen LogP contribution is 2.25. The molecule has 126 valence electrons. The lowest BCUT2D eigenvalue weighted by molar-refractivity contribution is -0.114. The van der Waals surface area contributed by atoms with Crippen molar-refractivity contribution in [1.82, 2.24) is 5.32 Å². The predicted molar refractivity (Wildman–Crippen MR) is 98.2 cm³/mol. The Hall–Kier alpha value is -2.24. The molecule has 0 aliphatic carbocycles. The standard InChI is InChI=1S/C17H17Cl2N3O2/c1-10-12(17(24)20-2)4-3-5-14(10)21-9-16(23)22-15-8-11(18)6-7-13(15)19/h3-8,21H,9H2,1-2H3,(H,20,24)(H,22,23). The molecule has 0 heterocycles. The van der Waals surface area contributed by atoms with E-state index in [2.05, 4.69) is 16.0 Å². The first-order chi connectivity index (χ1) is 11.4. The van der Waals surface area contributed by atoms with E-state index in [4.69, 9.17) is 23.2 Å². The molecule has 0 atom stereocenters. The SMILES string of the molecule is CNC(=O)c1cccc(NCC(=O)Nc2cc(Cl)ccc2Cl)c1C. The number of benzene rings is 2. The Morgan fingerprint density at radius 1 is 1.08 bits per heavy atom. The van der Waals surface area contributed by atoms with E-state index in [1.165, 1.54) is 0 Å². The van der Waals surface area contributed by atoms with Crippen LogP contribution < -0.4 is 16.0 Å². The van der Waals surface area contributed by atoms with Gasteiger partial charge in [0.15, 0.2) is 0 Å². The number of carbonyl (C=O) groups excluding carboxylic acids is 2. The van der Waals surface area contributed by atoms with Crippen molar-refractivity contribution in [2.45, 2.75) is 6.92 Å². The van der Waals surface area contributed by atoms with E-state index in [0.717, 1.165) is 5.56 Å². The summed E-state index contributed by atoms with van der Waals surface area (Å²) in [5, 5.41) is 9.19. The van der Waals surface area contributed by atoms with Crippen molar-refractivity contribution in [2.75, 3.05) is 24.2 Å². The fourth-order valence-corrected chi connectivity index (χ4v) is 2.51. The first-order valence-electron chi connectivity index (χ1n) is 7.23. The van der Waals surface area contributed by atoms with Crippen LogP contribution in [-0.4, -0.2) is 25.4 Å². The third-order valence-electron chi connectivity index (χ3n) is 3.45. The Morgan fingerprint density at radius 3 is 2.54 bits per heavy atom. The molecular formula is C17H17Cl2N3O2. The van der Waals surface area contributed by atoms with Gasteiger partial charge in [0.2, 0.25) is 5.91 Å². The fourth-order valence-electron chi connectivity index (χ4n) is 2.17. The second-order valence-electron chi connectivity index (χ2n) is 5.08. The molecular weight excluding hydrogens is 349 g/mol. The van der Waals surface area contributed by atoms with Crippen LogP contribution in [0.1, 0.15) is 15.9 Å². The fraction of sp³-hybridized carbons (Fsp3) is 0.176. The third kappa shape index (κ3) is 4.40. The Balaban J connectivity index is 2.04. The van der Waals surface area contributed by atoms with E-state index in [1.54, 1.807) is 43.4 Å². The zero-order chi connectivity index (χ0) is 17.7. The number of rotatable bonds is 5. The van der Waals surface area contributed by atoms with Crippen LogP contribution in [0.4, 0.5) is 11.4 Å². The van der Waals surface area contributed by atoms with E-state index in [-0.39, 0.29) is 18.4 Å². The van der Waals surface area contributed by atoms with E-state index < -0.39 is 0 Å². The van der Waals surface area contributed by atoms with E-state index in [0.29, 0.717) is 27.0 Å². The smallest absolute Gasteiger partial charge is 0.251 e. The lowest BCUT2D eigenvalue weighted by Gasteiger charge is -2.13. The third-order valence-corrected chi connectivity index (χ3v) is 4.01. The zero-order valence-corrected chi connectivity index (χ0v) is 14.8. The van der Waals surface area contributed by atoms with E-state index in [9.17, 15) is 9.59 Å². The van der Waals surface area contributed by atoms with Gasteiger partial charge in [-0.15, -0.1) is 0 Å². The summed E-state index contributed by atoms with van der Waals surface area (Å²) in [7, 11) is 1.57. The van der Waals surface area contributed by atoms with Crippen LogP contribution in [0.5, 0.6) is 0 Å². The normalized spacial score (nSPS) is 10.2. The van der Waals surface area contributed by atoms with Crippen LogP contribution in [0.15, 0.2) is 36.4 Å². The Morgan fingerprint density at radius 2 is 1.83 bits per heavy atom. The number of amides is 2. The number of hydrogen-bond donors (Lipinski definition) is 3. The molecule has 24 heavy (non-hydrogen) atoms. The molecule has 5 nitrogen and oxygen atoms in total. The number of halogens is 2. The first kappa shape index (κ1) is 18.1. The topological polar surface area (TPSA) is 70.2 Å². The minimum Gasteiger partial charge on any atom is -0.376 e. The quantitative estimate of drug-likeness (QED) is 0.756. The van der Waals surface area contributed by atoms with Gasteiger partial charge in [0.1, 0.15) is 0 Å². The van der Waals surface area contributed by atoms with E-state index >= 15 is 0 Å². The van der Waals surface area contributed by atoms with Crippen molar-refractivity contribution < 1.29 is 9.59 Å². The summed E-state index contributed by atoms with van der Waals surface area (Å²) in [5.74, 6) is -0.449. The monoisotopic (exact) mass is 365 g/mol. The Labute approximate surface area is 150 Å². The van der Waals surface area contributed by atoms with Gasteiger partial charge in [0.05, 0.1) is 17.3 Å². The molecule has 0 fully saturated rings. The van der Waals surface area contributed by atoms with Crippen LogP contribution >= 0.6 is 23.2 Å². The molecule has 0 saturated carbocycles. The zero-order valence-electron chi connectivity index (χ0n) is 13.2. The van der Waals surface area contributed by atoms with E-state index in [1.807, 2.05) is 6.92 Å². The van der Waals surface area contributed by atoms with Gasteiger partial charge in [-0.3, -0.25) is 9.59 Å². The molecule has 3 N–H and O–H groups in total. The van der Waals surface area contributed by atoms with Gasteiger partial charge < -0.3 is 16.0 Å². The van der Waals surface area contributed by atoms with Gasteiger partial charge in [-0.1, -0.05) is 29.3 Å². The van der Waals surface area contributed by atoms with Crippen LogP contribution in [0.25, 0.3) is 0 Å². The molecule has 0 aliphatic heterocycles. The molecule has 0 unspecified atom stereocenters. The average molecular weight is 366 g/mol. The van der Waals surface area contributed by atoms with Gasteiger partial charge in [-0.2, -0.15) is 0 Å². The highest BCUT2D eigenvalue weighted by Gasteiger charge is 2.11. The molecule has 0 aliphatic rings. The largest absolute Gasteiger partial charge is 0.376 e. The highest BCUT2D eigenvalue weighted by molar-refractivity contribution is 6.35. The number of carbonyl (C=O) groups is 2. The summed E-state index contributed by atoms with van der Waals surface area (Å²) in [4.78, 5) is 23.9. The average Bonchev–Trinajstić information content (AvgIpc) is 2.56. The van der Waals surface area contributed by atoms with Crippen LogP contribution in [-0.2, 0) is 4.79 Å². The lowest BCUT2D eigenvalue weighted by atomic mass is 10.1. The maximum atomic E-state index is 12.1. The van der Waals surface area contributed by atoms with Crippen LogP contribution in [0.2, 0.25) is 10.0 Å². The van der Waals surface area contributed by atoms with Gasteiger partial charge in [-0.25, -0.2) is 0 Å². The highest BCUT2D eigenvalue weighted by atomic mass is 35.5. The van der Waals surface area contributed by atoms with Crippen LogP contribution in [0.3, 0.4) is 0 Å². The molecule has 0 saturated heterocycles. The molecule has 2 aromatic rings. The summed E-state index contributed by atoms with van der Waals surface area (Å²) >= 11 is 11.9. The van der Waals surface area contributed by atoms with Crippen molar-refractivity contribution in [3.8, 4) is 0 Å². The number of hydrogen-bond acceptors (Lipinski definition) is 3. The second-order valence-corrected chi connectivity index (χ2v) is 5.93.